The van der Waals surface area contributed by atoms with Crippen molar-refractivity contribution in [1.29, 1.82) is 0 Å². The summed E-state index contributed by atoms with van der Waals surface area (Å²) >= 11 is 0. The zero-order chi connectivity index (χ0) is 18.1. The van der Waals surface area contributed by atoms with Crippen LogP contribution in [-0.4, -0.2) is 20.9 Å². The Morgan fingerprint density at radius 2 is 1.68 bits per heavy atom. The molecule has 0 aliphatic rings. The van der Waals surface area contributed by atoms with Gasteiger partial charge in [-0.2, -0.15) is 0 Å². The quantitative estimate of drug-likeness (QED) is 0.720. The van der Waals surface area contributed by atoms with Crippen LogP contribution in [0.15, 0.2) is 59.5 Å². The van der Waals surface area contributed by atoms with Crippen LogP contribution < -0.4 is 10.0 Å². The lowest BCUT2D eigenvalue weighted by molar-refractivity contribution is -0.116. The lowest BCUT2D eigenvalue weighted by atomic mass is 10.1. The summed E-state index contributed by atoms with van der Waals surface area (Å²) in [5, 5.41) is 2.78. The van der Waals surface area contributed by atoms with Crippen LogP contribution in [0.2, 0.25) is 0 Å². The molecule has 134 valence electrons. The van der Waals surface area contributed by atoms with E-state index >= 15 is 0 Å². The van der Waals surface area contributed by atoms with Gasteiger partial charge in [0.1, 0.15) is 0 Å². The molecule has 0 saturated carbocycles. The molecule has 5 nitrogen and oxygen atoms in total. The van der Waals surface area contributed by atoms with E-state index in [4.69, 9.17) is 0 Å². The highest BCUT2D eigenvalue weighted by atomic mass is 32.2. The number of unbranched alkanes of at least 4 members (excludes halogenated alkanes) is 1. The maximum atomic E-state index is 12.1. The molecule has 0 spiro atoms. The molecule has 2 rings (SSSR count). The number of benzene rings is 2. The predicted octanol–water partition coefficient (Wildman–Crippen LogP) is 3.34. The summed E-state index contributed by atoms with van der Waals surface area (Å²) in [5.74, 6) is -0.225. The fraction of sp³-hybridized carbons (Fsp3) is 0.316. The van der Waals surface area contributed by atoms with Crippen LogP contribution in [0.3, 0.4) is 0 Å². The molecule has 0 bridgehead atoms. The molecule has 2 aromatic carbocycles. The van der Waals surface area contributed by atoms with E-state index in [1.54, 1.807) is 18.2 Å². The van der Waals surface area contributed by atoms with Gasteiger partial charge >= 0.3 is 0 Å². The third-order valence-electron chi connectivity index (χ3n) is 3.75. The standard InChI is InChI=1S/C19H24N2O3S/c1-2-3-7-16-10-12-17(13-11-16)21-19(22)14-15-20-25(23,24)18-8-5-4-6-9-18/h4-6,8-13,20H,2-3,7,14-15H2,1H3,(H,21,22). The number of carbonyl (C=O) groups excluding carboxylic acids is 1. The Labute approximate surface area is 149 Å². The maximum Gasteiger partial charge on any atom is 0.240 e. The maximum absolute atomic E-state index is 12.1. The van der Waals surface area contributed by atoms with Gasteiger partial charge < -0.3 is 5.32 Å². The first-order valence-corrected chi connectivity index (χ1v) is 9.93. The number of carbonyl (C=O) groups is 1. The normalized spacial score (nSPS) is 11.2. The van der Waals surface area contributed by atoms with Gasteiger partial charge in [-0.05, 0) is 42.7 Å². The average Bonchev–Trinajstić information content (AvgIpc) is 2.62. The van der Waals surface area contributed by atoms with E-state index in [2.05, 4.69) is 17.0 Å². The molecule has 0 atom stereocenters. The summed E-state index contributed by atoms with van der Waals surface area (Å²) in [6, 6.07) is 15.8. The Kier molecular flexibility index (Phi) is 7.16. The molecule has 0 aromatic heterocycles. The topological polar surface area (TPSA) is 75.3 Å². The number of nitrogens with one attached hydrogen (secondary N) is 2. The second-order valence-electron chi connectivity index (χ2n) is 5.81. The van der Waals surface area contributed by atoms with Gasteiger partial charge in [0.05, 0.1) is 4.90 Å². The molecular formula is C19H24N2O3S. The van der Waals surface area contributed by atoms with Crippen molar-refractivity contribution in [3.8, 4) is 0 Å². The molecule has 2 N–H and O–H groups in total. The van der Waals surface area contributed by atoms with Crippen LogP contribution in [0.25, 0.3) is 0 Å². The molecule has 0 aliphatic heterocycles. The molecule has 0 heterocycles. The van der Waals surface area contributed by atoms with Gasteiger partial charge in [0.25, 0.3) is 0 Å². The van der Waals surface area contributed by atoms with Gasteiger partial charge in [0.2, 0.25) is 15.9 Å². The first kappa shape index (κ1) is 19.1. The second-order valence-corrected chi connectivity index (χ2v) is 7.58. The molecular weight excluding hydrogens is 336 g/mol. The van der Waals surface area contributed by atoms with E-state index in [1.165, 1.54) is 17.7 Å². The highest BCUT2D eigenvalue weighted by Crippen LogP contribution is 2.12. The Bertz CT molecular complexity index is 772. The summed E-state index contributed by atoms with van der Waals surface area (Å²) < 4.78 is 26.5. The minimum atomic E-state index is -3.57. The fourth-order valence-electron chi connectivity index (χ4n) is 2.34. The van der Waals surface area contributed by atoms with Crippen LogP contribution in [0.5, 0.6) is 0 Å². The first-order valence-electron chi connectivity index (χ1n) is 8.45. The number of aryl methyl sites for hydroxylation is 1. The van der Waals surface area contributed by atoms with Crippen molar-refractivity contribution in [2.75, 3.05) is 11.9 Å². The number of sulfonamides is 1. The van der Waals surface area contributed by atoms with Crippen LogP contribution in [0.4, 0.5) is 5.69 Å². The van der Waals surface area contributed by atoms with Crippen molar-refractivity contribution in [3.05, 3.63) is 60.2 Å². The van der Waals surface area contributed by atoms with Crippen molar-refractivity contribution in [2.45, 2.75) is 37.5 Å². The highest BCUT2D eigenvalue weighted by molar-refractivity contribution is 7.89. The molecule has 25 heavy (non-hydrogen) atoms. The second kappa shape index (κ2) is 9.34. The van der Waals surface area contributed by atoms with Crippen molar-refractivity contribution < 1.29 is 13.2 Å². The highest BCUT2D eigenvalue weighted by Gasteiger charge is 2.13. The number of hydrogen-bond donors (Lipinski definition) is 2. The smallest absolute Gasteiger partial charge is 0.240 e. The summed E-state index contributed by atoms with van der Waals surface area (Å²) in [6.45, 7) is 2.21. The van der Waals surface area contributed by atoms with Gasteiger partial charge in [-0.1, -0.05) is 43.7 Å². The third-order valence-corrected chi connectivity index (χ3v) is 5.23. The molecule has 0 fully saturated rings. The number of hydrogen-bond acceptors (Lipinski definition) is 3. The fourth-order valence-corrected chi connectivity index (χ4v) is 3.39. The van der Waals surface area contributed by atoms with Crippen molar-refractivity contribution in [3.63, 3.8) is 0 Å². The Hall–Kier alpha value is -2.18. The van der Waals surface area contributed by atoms with Crippen molar-refractivity contribution in [2.24, 2.45) is 0 Å². The number of rotatable bonds is 9. The lowest BCUT2D eigenvalue weighted by Crippen LogP contribution is -2.27. The Balaban J connectivity index is 1.79. The van der Waals surface area contributed by atoms with E-state index in [1.807, 2.05) is 24.3 Å². The third kappa shape index (κ3) is 6.32. The number of anilines is 1. The van der Waals surface area contributed by atoms with E-state index in [0.717, 1.165) is 24.9 Å². The average molecular weight is 360 g/mol. The van der Waals surface area contributed by atoms with E-state index in [9.17, 15) is 13.2 Å². The van der Waals surface area contributed by atoms with Crippen LogP contribution >= 0.6 is 0 Å². The Morgan fingerprint density at radius 1 is 1.00 bits per heavy atom. The Morgan fingerprint density at radius 3 is 2.32 bits per heavy atom. The first-order chi connectivity index (χ1) is 12.0. The minimum absolute atomic E-state index is 0.0532. The zero-order valence-electron chi connectivity index (χ0n) is 14.4. The van der Waals surface area contributed by atoms with Crippen molar-refractivity contribution in [1.82, 2.24) is 4.72 Å². The summed E-state index contributed by atoms with van der Waals surface area (Å²) in [6.07, 6.45) is 3.40. The SMILES string of the molecule is CCCCc1ccc(NC(=O)CCNS(=O)(=O)c2ccccc2)cc1. The molecule has 0 saturated heterocycles. The lowest BCUT2D eigenvalue weighted by Gasteiger charge is -2.08. The predicted molar refractivity (Wildman–Crippen MR) is 99.9 cm³/mol. The van der Waals surface area contributed by atoms with Gasteiger partial charge in [0.15, 0.2) is 0 Å². The summed E-state index contributed by atoms with van der Waals surface area (Å²) in [5.41, 5.74) is 1.96. The summed E-state index contributed by atoms with van der Waals surface area (Å²) in [4.78, 5) is 12.1. The van der Waals surface area contributed by atoms with Crippen LogP contribution in [-0.2, 0) is 21.2 Å². The monoisotopic (exact) mass is 360 g/mol. The molecule has 2 aromatic rings. The largest absolute Gasteiger partial charge is 0.326 e. The number of amides is 1. The molecule has 0 radical (unpaired) electrons. The van der Waals surface area contributed by atoms with Gasteiger partial charge in [-0.25, -0.2) is 13.1 Å². The van der Waals surface area contributed by atoms with Crippen LogP contribution in [0.1, 0.15) is 31.7 Å². The minimum Gasteiger partial charge on any atom is -0.326 e. The molecule has 0 unspecified atom stereocenters. The molecule has 0 aliphatic carbocycles. The van der Waals surface area contributed by atoms with Gasteiger partial charge in [-0.15, -0.1) is 0 Å². The van der Waals surface area contributed by atoms with Crippen LogP contribution in [0, 0.1) is 0 Å². The molecule has 6 heteroatoms. The van der Waals surface area contributed by atoms with Crippen molar-refractivity contribution >= 4 is 21.6 Å². The van der Waals surface area contributed by atoms with E-state index in [-0.39, 0.29) is 23.8 Å². The van der Waals surface area contributed by atoms with Gasteiger partial charge in [-0.3, -0.25) is 4.79 Å². The summed E-state index contributed by atoms with van der Waals surface area (Å²) in [7, 11) is -3.57. The zero-order valence-corrected chi connectivity index (χ0v) is 15.2. The van der Waals surface area contributed by atoms with E-state index < -0.39 is 10.0 Å². The van der Waals surface area contributed by atoms with E-state index in [0.29, 0.717) is 0 Å². The molecule has 1 amide bonds. The van der Waals surface area contributed by atoms with Gasteiger partial charge in [0, 0.05) is 18.7 Å².